The number of aliphatic hydroxyl groups is 1. The van der Waals surface area contributed by atoms with E-state index in [1.807, 2.05) is 41.1 Å². The van der Waals surface area contributed by atoms with E-state index in [2.05, 4.69) is 0 Å². The first-order chi connectivity index (χ1) is 8.76. The predicted molar refractivity (Wildman–Crippen MR) is 74.1 cm³/mol. The molecule has 0 aliphatic carbocycles. The van der Waals surface area contributed by atoms with Gasteiger partial charge in [0.05, 0.1) is 13.2 Å². The molecule has 4 heteroatoms. The van der Waals surface area contributed by atoms with Gasteiger partial charge in [0, 0.05) is 12.5 Å². The molecule has 0 amide bonds. The van der Waals surface area contributed by atoms with Crippen LogP contribution in [0.3, 0.4) is 0 Å². The Bertz CT molecular complexity index is 467. The number of aliphatic hydroxyl groups excluding tert-OH is 1. The molecule has 0 radical (unpaired) electrons. The highest BCUT2D eigenvalue weighted by molar-refractivity contribution is 7.07. The number of benzene rings is 1. The van der Waals surface area contributed by atoms with Crippen molar-refractivity contribution in [3.8, 4) is 5.75 Å². The molecule has 0 bridgehead atoms. The fourth-order valence-corrected chi connectivity index (χ4v) is 2.66. The molecular weight excluding hydrogens is 246 g/mol. The fourth-order valence-electron chi connectivity index (χ4n) is 1.97. The Labute approximate surface area is 111 Å². The molecule has 0 fully saturated rings. The number of nitrogens with two attached hydrogens (primary N) is 1. The molecule has 1 aromatic carbocycles. The van der Waals surface area contributed by atoms with E-state index in [-0.39, 0.29) is 5.92 Å². The summed E-state index contributed by atoms with van der Waals surface area (Å²) in [5.74, 6) is 0.713. The van der Waals surface area contributed by atoms with Crippen molar-refractivity contribution in [2.24, 2.45) is 5.73 Å². The zero-order valence-electron chi connectivity index (χ0n) is 10.2. The Morgan fingerprint density at radius 3 is 2.44 bits per heavy atom. The molecule has 0 aliphatic rings. The van der Waals surface area contributed by atoms with Crippen LogP contribution in [-0.2, 0) is 0 Å². The molecule has 1 aromatic heterocycles. The lowest BCUT2D eigenvalue weighted by Crippen LogP contribution is -2.19. The van der Waals surface area contributed by atoms with Crippen LogP contribution in [0.15, 0.2) is 41.1 Å². The first kappa shape index (κ1) is 13.1. The smallest absolute Gasteiger partial charge is 0.118 e. The second kappa shape index (κ2) is 6.00. The van der Waals surface area contributed by atoms with Crippen molar-refractivity contribution in [3.63, 3.8) is 0 Å². The zero-order chi connectivity index (χ0) is 13.0. The molecule has 2 rings (SSSR count). The lowest BCUT2D eigenvalue weighted by molar-refractivity contribution is 0.148. The van der Waals surface area contributed by atoms with E-state index in [0.29, 0.717) is 6.54 Å². The summed E-state index contributed by atoms with van der Waals surface area (Å²) in [5, 5.41) is 14.3. The second-order valence-corrected chi connectivity index (χ2v) is 4.90. The average Bonchev–Trinajstić information content (AvgIpc) is 2.94. The predicted octanol–water partition coefficient (Wildman–Crippen LogP) is 2.53. The summed E-state index contributed by atoms with van der Waals surface area (Å²) in [6, 6.07) is 9.61. The van der Waals surface area contributed by atoms with Gasteiger partial charge in [-0.15, -0.1) is 0 Å². The monoisotopic (exact) mass is 263 g/mol. The van der Waals surface area contributed by atoms with Gasteiger partial charge in [-0.25, -0.2) is 0 Å². The third-order valence-electron chi connectivity index (χ3n) is 3.06. The molecule has 0 saturated heterocycles. The summed E-state index contributed by atoms with van der Waals surface area (Å²) in [4.78, 5) is 0. The molecular formula is C14H17NO2S. The van der Waals surface area contributed by atoms with Crippen molar-refractivity contribution < 1.29 is 9.84 Å². The van der Waals surface area contributed by atoms with Gasteiger partial charge in [0.25, 0.3) is 0 Å². The van der Waals surface area contributed by atoms with E-state index in [9.17, 15) is 5.11 Å². The molecule has 1 heterocycles. The first-order valence-electron chi connectivity index (χ1n) is 5.80. The van der Waals surface area contributed by atoms with Gasteiger partial charge in [-0.2, -0.15) is 11.3 Å². The molecule has 3 nitrogen and oxygen atoms in total. The molecule has 0 spiro atoms. The molecule has 18 heavy (non-hydrogen) atoms. The third kappa shape index (κ3) is 2.72. The zero-order valence-corrected chi connectivity index (χ0v) is 11.1. The Hall–Kier alpha value is -1.36. The van der Waals surface area contributed by atoms with Crippen molar-refractivity contribution in [1.82, 2.24) is 0 Å². The first-order valence-corrected chi connectivity index (χ1v) is 6.74. The van der Waals surface area contributed by atoms with Crippen LogP contribution in [0.5, 0.6) is 5.75 Å². The minimum atomic E-state index is -0.561. The molecule has 2 atom stereocenters. The molecule has 3 N–H and O–H groups in total. The average molecular weight is 263 g/mol. The molecule has 2 aromatic rings. The summed E-state index contributed by atoms with van der Waals surface area (Å²) in [7, 11) is 1.63. The number of ether oxygens (including phenoxy) is 1. The van der Waals surface area contributed by atoms with Crippen LogP contribution in [-0.4, -0.2) is 18.8 Å². The summed E-state index contributed by atoms with van der Waals surface area (Å²) in [6.07, 6.45) is -0.561. The largest absolute Gasteiger partial charge is 0.497 e. The van der Waals surface area contributed by atoms with E-state index in [0.717, 1.165) is 16.9 Å². The minimum absolute atomic E-state index is 0.0921. The van der Waals surface area contributed by atoms with Gasteiger partial charge < -0.3 is 15.6 Å². The third-order valence-corrected chi connectivity index (χ3v) is 3.77. The number of hydrogen-bond acceptors (Lipinski definition) is 4. The Morgan fingerprint density at radius 1 is 1.22 bits per heavy atom. The van der Waals surface area contributed by atoms with E-state index in [1.165, 1.54) is 0 Å². The molecule has 0 saturated carbocycles. The van der Waals surface area contributed by atoms with Gasteiger partial charge in [0.2, 0.25) is 0 Å². The number of rotatable bonds is 5. The van der Waals surface area contributed by atoms with Gasteiger partial charge in [-0.3, -0.25) is 0 Å². The second-order valence-electron chi connectivity index (χ2n) is 4.12. The normalized spacial score (nSPS) is 14.2. The van der Waals surface area contributed by atoms with Gasteiger partial charge in [-0.1, -0.05) is 12.1 Å². The van der Waals surface area contributed by atoms with E-state index in [1.54, 1.807) is 18.4 Å². The van der Waals surface area contributed by atoms with Crippen molar-refractivity contribution >= 4 is 11.3 Å². The van der Waals surface area contributed by atoms with E-state index >= 15 is 0 Å². The van der Waals surface area contributed by atoms with Gasteiger partial charge >= 0.3 is 0 Å². The maximum Gasteiger partial charge on any atom is 0.118 e. The van der Waals surface area contributed by atoms with Crippen LogP contribution in [0.2, 0.25) is 0 Å². The number of thiophene rings is 1. The highest BCUT2D eigenvalue weighted by Gasteiger charge is 2.21. The molecule has 2 unspecified atom stereocenters. The van der Waals surface area contributed by atoms with Crippen LogP contribution in [0.25, 0.3) is 0 Å². The van der Waals surface area contributed by atoms with Gasteiger partial charge in [0.1, 0.15) is 5.75 Å². The van der Waals surface area contributed by atoms with Crippen molar-refractivity contribution in [1.29, 1.82) is 0 Å². The lowest BCUT2D eigenvalue weighted by Gasteiger charge is -2.21. The van der Waals surface area contributed by atoms with Crippen molar-refractivity contribution in [2.75, 3.05) is 13.7 Å². The van der Waals surface area contributed by atoms with Crippen molar-refractivity contribution in [2.45, 2.75) is 12.0 Å². The van der Waals surface area contributed by atoms with Crippen LogP contribution >= 0.6 is 11.3 Å². The minimum Gasteiger partial charge on any atom is -0.497 e. The van der Waals surface area contributed by atoms with Crippen LogP contribution < -0.4 is 10.5 Å². The number of hydrogen-bond donors (Lipinski definition) is 2. The summed E-state index contributed by atoms with van der Waals surface area (Å²) < 4.78 is 5.12. The van der Waals surface area contributed by atoms with Gasteiger partial charge in [-0.05, 0) is 40.1 Å². The van der Waals surface area contributed by atoms with Crippen LogP contribution in [0, 0.1) is 0 Å². The standard InChI is InChI=1S/C14H17NO2S/c1-17-12-4-2-10(3-5-12)13(8-15)14(16)11-6-7-18-9-11/h2-7,9,13-14,16H,8,15H2,1H3. The van der Waals surface area contributed by atoms with Crippen LogP contribution in [0.1, 0.15) is 23.1 Å². The maximum atomic E-state index is 10.3. The summed E-state index contributed by atoms with van der Waals surface area (Å²) in [6.45, 7) is 0.406. The van der Waals surface area contributed by atoms with E-state index in [4.69, 9.17) is 10.5 Å². The van der Waals surface area contributed by atoms with Gasteiger partial charge in [0.15, 0.2) is 0 Å². The topological polar surface area (TPSA) is 55.5 Å². The fraction of sp³-hybridized carbons (Fsp3) is 0.286. The highest BCUT2D eigenvalue weighted by atomic mass is 32.1. The quantitative estimate of drug-likeness (QED) is 0.871. The maximum absolute atomic E-state index is 10.3. The Morgan fingerprint density at radius 2 is 1.94 bits per heavy atom. The van der Waals surface area contributed by atoms with Crippen LogP contribution in [0.4, 0.5) is 0 Å². The number of methoxy groups -OCH3 is 1. The summed E-state index contributed by atoms with van der Waals surface area (Å²) in [5.41, 5.74) is 7.74. The lowest BCUT2D eigenvalue weighted by atomic mass is 9.90. The van der Waals surface area contributed by atoms with Crippen molar-refractivity contribution in [3.05, 3.63) is 52.2 Å². The van der Waals surface area contributed by atoms with E-state index < -0.39 is 6.10 Å². The highest BCUT2D eigenvalue weighted by Crippen LogP contribution is 2.31. The molecule has 96 valence electrons. The Balaban J connectivity index is 2.21. The Kier molecular flexibility index (Phi) is 4.36. The summed E-state index contributed by atoms with van der Waals surface area (Å²) >= 11 is 1.58. The molecule has 0 aliphatic heterocycles. The SMILES string of the molecule is COc1ccc(C(CN)C(O)c2ccsc2)cc1.